The van der Waals surface area contributed by atoms with Crippen LogP contribution in [0.2, 0.25) is 0 Å². The largest absolute Gasteiger partial charge is 0.244 e. The normalized spacial score (nSPS) is 15.4. The monoisotopic (exact) mass is 197 g/mol. The lowest BCUT2D eigenvalue weighted by Crippen LogP contribution is -2.13. The van der Waals surface area contributed by atoms with Gasteiger partial charge in [0.05, 0.1) is 9.73 Å². The molecule has 3 heteroatoms. The van der Waals surface area contributed by atoms with Gasteiger partial charge < -0.3 is 0 Å². The van der Waals surface area contributed by atoms with E-state index in [1.165, 1.54) is 0 Å². The van der Waals surface area contributed by atoms with E-state index in [4.69, 9.17) is 0 Å². The molecule has 1 unspecified atom stereocenters. The summed E-state index contributed by atoms with van der Waals surface area (Å²) in [6, 6.07) is 9.44. The fourth-order valence-electron chi connectivity index (χ4n) is 1.20. The zero-order valence-corrected chi connectivity index (χ0v) is 9.04. The van der Waals surface area contributed by atoms with E-state index in [1.54, 1.807) is 7.05 Å². The number of benzene rings is 1. The fourth-order valence-corrected chi connectivity index (χ4v) is 2.93. The van der Waals surface area contributed by atoms with Gasteiger partial charge in [0.2, 0.25) is 0 Å². The predicted octanol–water partition coefficient (Wildman–Crippen LogP) is 2.55. The van der Waals surface area contributed by atoms with Crippen molar-refractivity contribution in [3.63, 3.8) is 0 Å². The first kappa shape index (κ1) is 10.3. The van der Waals surface area contributed by atoms with Gasteiger partial charge in [-0.3, -0.25) is 0 Å². The van der Waals surface area contributed by atoms with Crippen LogP contribution in [0.5, 0.6) is 0 Å². The highest BCUT2D eigenvalue weighted by Gasteiger charge is 2.15. The Hall–Kier alpha value is -0.830. The number of hydrogen-bond acceptors (Lipinski definition) is 2. The lowest BCUT2D eigenvalue weighted by Gasteiger charge is -2.12. The lowest BCUT2D eigenvalue weighted by molar-refractivity contribution is 0.669. The maximum absolute atomic E-state index is 12.3. The summed E-state index contributed by atoms with van der Waals surface area (Å²) in [4.78, 5) is 0.826. The Labute approximate surface area is 80.2 Å². The van der Waals surface area contributed by atoms with Gasteiger partial charge in [-0.15, -0.1) is 0 Å². The minimum Gasteiger partial charge on any atom is -0.244 e. The van der Waals surface area contributed by atoms with Gasteiger partial charge in [-0.1, -0.05) is 18.2 Å². The molecule has 0 heterocycles. The minimum absolute atomic E-state index is 0.0555. The Bertz CT molecular complexity index is 375. The van der Waals surface area contributed by atoms with E-state index in [-0.39, 0.29) is 5.25 Å². The van der Waals surface area contributed by atoms with E-state index >= 15 is 0 Å². The third kappa shape index (κ3) is 1.91. The number of nitrogens with zero attached hydrogens (tertiary/aromatic N) is 1. The van der Waals surface area contributed by atoms with Gasteiger partial charge >= 0.3 is 0 Å². The van der Waals surface area contributed by atoms with Crippen LogP contribution in [0.25, 0.3) is 0 Å². The van der Waals surface area contributed by atoms with Crippen molar-refractivity contribution in [1.82, 2.24) is 0 Å². The molecule has 2 nitrogen and oxygen atoms in total. The Balaban J connectivity index is 3.29. The molecule has 0 radical (unpaired) electrons. The average Bonchev–Trinajstić information content (AvgIpc) is 2.17. The smallest absolute Gasteiger partial charge is 0.0773 e. The molecule has 0 bridgehead atoms. The minimum atomic E-state index is -2.20. The Kier molecular flexibility index (Phi) is 3.09. The Morgan fingerprint density at radius 3 is 2.15 bits per heavy atom. The second kappa shape index (κ2) is 3.92. The summed E-state index contributed by atoms with van der Waals surface area (Å²) in [6.07, 6.45) is 0. The van der Waals surface area contributed by atoms with Crippen LogP contribution in [-0.4, -0.2) is 16.5 Å². The van der Waals surface area contributed by atoms with Crippen molar-refractivity contribution >= 4 is 9.73 Å². The summed E-state index contributed by atoms with van der Waals surface area (Å²) in [5, 5.41) is 0.0555. The fraction of sp³-hybridized carbons (Fsp3) is 0.400. The SMILES string of the molecule is CN=S(=O)(c1ccccc1)C(C)C. The van der Waals surface area contributed by atoms with E-state index in [1.807, 2.05) is 44.2 Å². The molecule has 0 saturated carbocycles. The second-order valence-electron chi connectivity index (χ2n) is 3.11. The number of rotatable bonds is 2. The Morgan fingerprint density at radius 1 is 1.23 bits per heavy atom. The van der Waals surface area contributed by atoms with Crippen LogP contribution in [0.15, 0.2) is 39.6 Å². The standard InChI is InChI=1S/C10H15NOS/c1-9(2)13(12,11-3)10-7-5-4-6-8-10/h4-9H,1-3H3. The summed E-state index contributed by atoms with van der Waals surface area (Å²) in [7, 11) is -0.577. The van der Waals surface area contributed by atoms with Gasteiger partial charge in [0, 0.05) is 17.2 Å². The number of hydrogen-bond donors (Lipinski definition) is 0. The average molecular weight is 197 g/mol. The summed E-state index contributed by atoms with van der Waals surface area (Å²) in [5.74, 6) is 0. The van der Waals surface area contributed by atoms with Crippen LogP contribution in [0, 0.1) is 0 Å². The molecule has 1 rings (SSSR count). The predicted molar refractivity (Wildman–Crippen MR) is 56.3 cm³/mol. The molecule has 0 aliphatic rings. The van der Waals surface area contributed by atoms with Crippen LogP contribution in [-0.2, 0) is 9.73 Å². The third-order valence-electron chi connectivity index (χ3n) is 1.99. The van der Waals surface area contributed by atoms with E-state index in [2.05, 4.69) is 4.36 Å². The molecule has 0 fully saturated rings. The summed E-state index contributed by atoms with van der Waals surface area (Å²) in [6.45, 7) is 3.87. The molecule has 0 N–H and O–H groups in total. The van der Waals surface area contributed by atoms with Crippen molar-refractivity contribution in [1.29, 1.82) is 0 Å². The first-order valence-corrected chi connectivity index (χ1v) is 5.88. The van der Waals surface area contributed by atoms with Crippen molar-refractivity contribution in [3.8, 4) is 0 Å². The van der Waals surface area contributed by atoms with Crippen molar-refractivity contribution < 1.29 is 4.21 Å². The van der Waals surface area contributed by atoms with Gasteiger partial charge in [0.1, 0.15) is 0 Å². The summed E-state index contributed by atoms with van der Waals surface area (Å²) < 4.78 is 16.3. The molecule has 0 amide bonds. The molecule has 0 spiro atoms. The Morgan fingerprint density at radius 2 is 1.77 bits per heavy atom. The molecule has 0 aliphatic carbocycles. The van der Waals surface area contributed by atoms with Crippen molar-refractivity contribution in [2.24, 2.45) is 4.36 Å². The third-order valence-corrected chi connectivity index (χ3v) is 4.76. The molecule has 0 aliphatic heterocycles. The molecule has 72 valence electrons. The highest BCUT2D eigenvalue weighted by molar-refractivity contribution is 7.94. The van der Waals surface area contributed by atoms with Crippen LogP contribution >= 0.6 is 0 Å². The van der Waals surface area contributed by atoms with Gasteiger partial charge in [-0.25, -0.2) is 8.57 Å². The van der Waals surface area contributed by atoms with Crippen LogP contribution in [0.3, 0.4) is 0 Å². The molecule has 13 heavy (non-hydrogen) atoms. The van der Waals surface area contributed by atoms with Gasteiger partial charge in [0.15, 0.2) is 0 Å². The molecule has 1 aromatic carbocycles. The topological polar surface area (TPSA) is 29.4 Å². The van der Waals surface area contributed by atoms with E-state index < -0.39 is 9.73 Å². The van der Waals surface area contributed by atoms with E-state index in [9.17, 15) is 4.21 Å². The quantitative estimate of drug-likeness (QED) is 0.716. The highest BCUT2D eigenvalue weighted by atomic mass is 32.2. The zero-order chi connectivity index (χ0) is 9.90. The van der Waals surface area contributed by atoms with E-state index in [0.717, 1.165) is 4.90 Å². The molecular formula is C10H15NOS. The first-order chi connectivity index (χ1) is 6.11. The molecule has 0 saturated heterocycles. The zero-order valence-electron chi connectivity index (χ0n) is 8.23. The molecule has 1 aromatic rings. The maximum atomic E-state index is 12.3. The summed E-state index contributed by atoms with van der Waals surface area (Å²) in [5.41, 5.74) is 0. The first-order valence-electron chi connectivity index (χ1n) is 4.30. The van der Waals surface area contributed by atoms with Gasteiger partial charge in [0.25, 0.3) is 0 Å². The van der Waals surface area contributed by atoms with Crippen molar-refractivity contribution in [2.45, 2.75) is 24.0 Å². The lowest BCUT2D eigenvalue weighted by atomic mass is 10.4. The summed E-state index contributed by atoms with van der Waals surface area (Å²) >= 11 is 0. The van der Waals surface area contributed by atoms with Crippen molar-refractivity contribution in [2.75, 3.05) is 7.05 Å². The van der Waals surface area contributed by atoms with E-state index in [0.29, 0.717) is 0 Å². The van der Waals surface area contributed by atoms with Crippen LogP contribution < -0.4 is 0 Å². The molecule has 0 aromatic heterocycles. The van der Waals surface area contributed by atoms with Crippen molar-refractivity contribution in [3.05, 3.63) is 30.3 Å². The molecule has 1 atom stereocenters. The maximum Gasteiger partial charge on any atom is 0.0773 e. The molecular weight excluding hydrogens is 182 g/mol. The highest BCUT2D eigenvalue weighted by Crippen LogP contribution is 2.17. The van der Waals surface area contributed by atoms with Gasteiger partial charge in [-0.05, 0) is 26.0 Å². The van der Waals surface area contributed by atoms with Crippen LogP contribution in [0.1, 0.15) is 13.8 Å². The van der Waals surface area contributed by atoms with Crippen LogP contribution in [0.4, 0.5) is 0 Å². The second-order valence-corrected chi connectivity index (χ2v) is 6.03. The van der Waals surface area contributed by atoms with Gasteiger partial charge in [-0.2, -0.15) is 0 Å².